The average molecular weight is 549 g/mol. The van der Waals surface area contributed by atoms with Crippen molar-refractivity contribution in [3.8, 4) is 5.75 Å². The van der Waals surface area contributed by atoms with Gasteiger partial charge in [0.1, 0.15) is 24.0 Å². The number of nitro benzene ring substituents is 1. The fraction of sp³-hybridized carbons (Fsp3) is 0.462. The van der Waals surface area contributed by atoms with Crippen molar-refractivity contribution in [3.63, 3.8) is 0 Å². The Bertz CT molecular complexity index is 1220. The predicted molar refractivity (Wildman–Crippen MR) is 146 cm³/mol. The van der Waals surface area contributed by atoms with Crippen LogP contribution in [0.25, 0.3) is 0 Å². The Morgan fingerprint density at radius 1 is 1.13 bits per heavy atom. The van der Waals surface area contributed by atoms with Crippen LogP contribution in [0.2, 0.25) is 0 Å². The molecule has 0 saturated carbocycles. The van der Waals surface area contributed by atoms with E-state index in [1.807, 2.05) is 44.2 Å². The third-order valence-electron chi connectivity index (χ3n) is 5.88. The van der Waals surface area contributed by atoms with Gasteiger partial charge in [0.15, 0.2) is 0 Å². The van der Waals surface area contributed by atoms with Crippen LogP contribution in [0.4, 0.5) is 11.4 Å². The van der Waals surface area contributed by atoms with Gasteiger partial charge in [-0.05, 0) is 30.4 Å². The molecule has 0 aliphatic heterocycles. The number of nitro groups is 1. The van der Waals surface area contributed by atoms with Crippen molar-refractivity contribution in [1.29, 1.82) is 0 Å². The Labute approximate surface area is 224 Å². The number of methoxy groups -OCH3 is 1. The maximum Gasteiger partial charge on any atom is 0.271 e. The van der Waals surface area contributed by atoms with E-state index in [4.69, 9.17) is 4.74 Å². The maximum atomic E-state index is 13.7. The lowest BCUT2D eigenvalue weighted by molar-refractivity contribution is -0.384. The van der Waals surface area contributed by atoms with E-state index in [1.165, 1.54) is 24.1 Å². The molecule has 0 aromatic heterocycles. The Morgan fingerprint density at radius 2 is 1.79 bits per heavy atom. The summed E-state index contributed by atoms with van der Waals surface area (Å²) in [6, 6.07) is 12.1. The molecule has 1 N–H and O–H groups in total. The Kier molecular flexibility index (Phi) is 11.1. The van der Waals surface area contributed by atoms with Gasteiger partial charge in [-0.15, -0.1) is 0 Å². The van der Waals surface area contributed by atoms with Gasteiger partial charge in [-0.1, -0.05) is 51.1 Å². The fourth-order valence-electron chi connectivity index (χ4n) is 3.90. The van der Waals surface area contributed by atoms with Crippen molar-refractivity contribution in [2.24, 2.45) is 5.92 Å². The molecule has 2 amide bonds. The Morgan fingerprint density at radius 3 is 2.32 bits per heavy atom. The highest BCUT2D eigenvalue weighted by atomic mass is 32.2. The first-order chi connectivity index (χ1) is 17.9. The lowest BCUT2D eigenvalue weighted by Crippen LogP contribution is -2.53. The number of sulfonamides is 1. The molecule has 38 heavy (non-hydrogen) atoms. The Balaban J connectivity index is 2.47. The second-order valence-electron chi connectivity index (χ2n) is 9.27. The number of benzene rings is 2. The highest BCUT2D eigenvalue weighted by Gasteiger charge is 2.33. The molecule has 2 rings (SSSR count). The molecule has 12 heteroatoms. The first-order valence-electron chi connectivity index (χ1n) is 12.3. The lowest BCUT2D eigenvalue weighted by atomic mass is 10.1. The van der Waals surface area contributed by atoms with Gasteiger partial charge in [0, 0.05) is 25.2 Å². The number of rotatable bonds is 14. The Hall–Kier alpha value is -3.67. The van der Waals surface area contributed by atoms with Crippen LogP contribution in [0.15, 0.2) is 48.5 Å². The van der Waals surface area contributed by atoms with Crippen molar-refractivity contribution in [2.45, 2.75) is 39.7 Å². The zero-order valence-electron chi connectivity index (χ0n) is 22.4. The molecule has 0 radical (unpaired) electrons. The summed E-state index contributed by atoms with van der Waals surface area (Å²) < 4.78 is 31.7. The van der Waals surface area contributed by atoms with Gasteiger partial charge in [0.2, 0.25) is 21.8 Å². The fourth-order valence-corrected chi connectivity index (χ4v) is 4.74. The van der Waals surface area contributed by atoms with Crippen LogP contribution in [-0.4, -0.2) is 69.1 Å². The summed E-state index contributed by atoms with van der Waals surface area (Å²) in [5.74, 6) is -0.703. The summed E-state index contributed by atoms with van der Waals surface area (Å²) in [4.78, 5) is 38.9. The van der Waals surface area contributed by atoms with Gasteiger partial charge in [0.05, 0.1) is 18.3 Å². The highest BCUT2D eigenvalue weighted by Crippen LogP contribution is 2.33. The van der Waals surface area contributed by atoms with Crippen molar-refractivity contribution in [1.82, 2.24) is 10.2 Å². The van der Waals surface area contributed by atoms with Gasteiger partial charge < -0.3 is 15.0 Å². The summed E-state index contributed by atoms with van der Waals surface area (Å²) in [6.45, 7) is 5.61. The van der Waals surface area contributed by atoms with Crippen molar-refractivity contribution in [2.75, 3.05) is 37.3 Å². The van der Waals surface area contributed by atoms with Gasteiger partial charge in [-0.25, -0.2) is 8.42 Å². The van der Waals surface area contributed by atoms with Crippen molar-refractivity contribution >= 4 is 33.2 Å². The molecule has 0 bridgehead atoms. The van der Waals surface area contributed by atoms with Crippen molar-refractivity contribution < 1.29 is 27.7 Å². The quantitative estimate of drug-likeness (QED) is 0.283. The minimum Gasteiger partial charge on any atom is -0.495 e. The van der Waals surface area contributed by atoms with Crippen LogP contribution in [0.3, 0.4) is 0 Å². The topological polar surface area (TPSA) is 139 Å². The number of ether oxygens (including phenoxy) is 1. The average Bonchev–Trinajstić information content (AvgIpc) is 2.87. The second kappa shape index (κ2) is 13.8. The van der Waals surface area contributed by atoms with E-state index in [1.54, 1.807) is 6.92 Å². The van der Waals surface area contributed by atoms with Gasteiger partial charge >= 0.3 is 0 Å². The first kappa shape index (κ1) is 30.6. The van der Waals surface area contributed by atoms with Gasteiger partial charge in [0.25, 0.3) is 5.69 Å². The SMILES string of the molecule is CC[C@@H](C(=O)NCC(C)C)N(CCc1ccccc1)C(=O)CN(c1cc([N+](=O)[O-])ccc1OC)S(C)(=O)=O. The molecule has 2 aromatic rings. The number of nitrogens with zero attached hydrogens (tertiary/aromatic N) is 3. The van der Waals surface area contributed by atoms with Crippen LogP contribution >= 0.6 is 0 Å². The summed E-state index contributed by atoms with van der Waals surface area (Å²) in [5.41, 5.74) is 0.447. The van der Waals surface area contributed by atoms with Crippen LogP contribution in [0.5, 0.6) is 5.75 Å². The molecule has 1 atom stereocenters. The summed E-state index contributed by atoms with van der Waals surface area (Å²) in [6.07, 6.45) is 1.66. The number of amides is 2. The molecular weight excluding hydrogens is 512 g/mol. The molecule has 0 saturated heterocycles. The van der Waals surface area contributed by atoms with Crippen LogP contribution in [0.1, 0.15) is 32.8 Å². The third-order valence-corrected chi connectivity index (χ3v) is 7.00. The number of anilines is 1. The second-order valence-corrected chi connectivity index (χ2v) is 11.2. The van der Waals surface area contributed by atoms with Gasteiger partial charge in [-0.2, -0.15) is 0 Å². The number of hydrogen-bond donors (Lipinski definition) is 1. The van der Waals surface area contributed by atoms with E-state index in [0.29, 0.717) is 19.4 Å². The molecule has 0 spiro atoms. The number of carbonyl (C=O) groups excluding carboxylic acids is 2. The number of nitrogens with one attached hydrogen (secondary N) is 1. The molecule has 0 aliphatic carbocycles. The molecule has 0 unspecified atom stereocenters. The number of carbonyl (C=O) groups is 2. The predicted octanol–water partition coefficient (Wildman–Crippen LogP) is 2.99. The van der Waals surface area contributed by atoms with E-state index in [9.17, 15) is 28.1 Å². The van der Waals surface area contributed by atoms with E-state index < -0.39 is 33.4 Å². The largest absolute Gasteiger partial charge is 0.495 e. The van der Waals surface area contributed by atoms with E-state index in [0.717, 1.165) is 22.2 Å². The normalized spacial score (nSPS) is 12.1. The van der Waals surface area contributed by atoms with Crippen LogP contribution < -0.4 is 14.4 Å². The zero-order chi connectivity index (χ0) is 28.5. The summed E-state index contributed by atoms with van der Waals surface area (Å²) in [5, 5.41) is 14.2. The molecule has 0 aliphatic rings. The zero-order valence-corrected chi connectivity index (χ0v) is 23.2. The minimum atomic E-state index is -4.08. The smallest absolute Gasteiger partial charge is 0.271 e. The van der Waals surface area contributed by atoms with Gasteiger partial charge in [-0.3, -0.25) is 24.0 Å². The van der Waals surface area contributed by atoms with E-state index in [-0.39, 0.29) is 35.5 Å². The number of hydrogen-bond acceptors (Lipinski definition) is 7. The molecular formula is C26H36N4O7S. The molecule has 0 fully saturated rings. The van der Waals surface area contributed by atoms with E-state index in [2.05, 4.69) is 5.32 Å². The maximum absolute atomic E-state index is 13.7. The third kappa shape index (κ3) is 8.44. The molecule has 208 valence electrons. The molecule has 0 heterocycles. The summed E-state index contributed by atoms with van der Waals surface area (Å²) in [7, 11) is -2.78. The minimum absolute atomic E-state index is 0.0476. The molecule has 11 nitrogen and oxygen atoms in total. The standard InChI is InChI=1S/C26H36N4O7S/c1-6-22(26(32)27-17-19(2)3)28(15-14-20-10-8-7-9-11-20)25(31)18-29(38(5,35)36)23-16-21(30(33)34)12-13-24(23)37-4/h7-13,16,19,22H,6,14-15,17-18H2,1-5H3,(H,27,32)/t22-/m0/s1. The summed E-state index contributed by atoms with van der Waals surface area (Å²) >= 11 is 0. The monoisotopic (exact) mass is 548 g/mol. The lowest BCUT2D eigenvalue weighted by Gasteiger charge is -2.33. The van der Waals surface area contributed by atoms with Crippen molar-refractivity contribution in [3.05, 3.63) is 64.2 Å². The number of non-ortho nitro benzene ring substituents is 1. The van der Waals surface area contributed by atoms with Crippen LogP contribution in [-0.2, 0) is 26.0 Å². The first-order valence-corrected chi connectivity index (χ1v) is 14.1. The van der Waals surface area contributed by atoms with Crippen LogP contribution in [0, 0.1) is 16.0 Å². The van der Waals surface area contributed by atoms with E-state index >= 15 is 0 Å². The highest BCUT2D eigenvalue weighted by molar-refractivity contribution is 7.92. The molecule has 2 aromatic carbocycles.